The van der Waals surface area contributed by atoms with E-state index in [1.807, 2.05) is 10.8 Å². The number of hydrazine groups is 1. The van der Waals surface area contributed by atoms with Gasteiger partial charge >= 0.3 is 0 Å². The van der Waals surface area contributed by atoms with Gasteiger partial charge in [0.25, 0.3) is 5.91 Å². The van der Waals surface area contributed by atoms with Crippen LogP contribution in [0.3, 0.4) is 0 Å². The molecule has 2 rings (SSSR count). The molecule has 0 saturated carbocycles. The van der Waals surface area contributed by atoms with E-state index >= 15 is 0 Å². The molecule has 2 aromatic heterocycles. The van der Waals surface area contributed by atoms with Gasteiger partial charge in [0.15, 0.2) is 9.35 Å². The average molecular weight is 273 g/mol. The van der Waals surface area contributed by atoms with E-state index in [1.165, 1.54) is 34.4 Å². The summed E-state index contributed by atoms with van der Waals surface area (Å²) in [5.41, 5.74) is 4.56. The molecule has 0 aliphatic carbocycles. The molecular weight excluding hydrogens is 266 g/mol. The fraction of sp³-hybridized carbons (Fsp3) is 0.143. The summed E-state index contributed by atoms with van der Waals surface area (Å²) in [5, 5.41) is 9.83. The maximum atomic E-state index is 11.1. The molecule has 0 radical (unpaired) electrons. The molecule has 0 bridgehead atoms. The normalized spacial score (nSPS) is 10.3. The number of amides is 1. The molecule has 3 N–H and O–H groups in total. The number of thioether (sulfide) groups is 1. The van der Waals surface area contributed by atoms with Crippen molar-refractivity contribution in [2.45, 2.75) is 10.1 Å². The van der Waals surface area contributed by atoms with Crippen LogP contribution in [0.4, 0.5) is 0 Å². The molecule has 9 heteroatoms. The van der Waals surface area contributed by atoms with E-state index in [0.29, 0.717) is 10.8 Å². The van der Waals surface area contributed by atoms with Gasteiger partial charge in [0.05, 0.1) is 5.69 Å². The van der Waals surface area contributed by atoms with Crippen molar-refractivity contribution in [3.8, 4) is 0 Å². The molecule has 0 spiro atoms. The first-order chi connectivity index (χ1) is 7.79. The summed E-state index contributed by atoms with van der Waals surface area (Å²) < 4.78 is 0.887. The topological polar surface area (TPSA) is 93.8 Å². The molecule has 0 aliphatic heterocycles. The summed E-state index contributed by atoms with van der Waals surface area (Å²) in [6.45, 7) is 0. The van der Waals surface area contributed by atoms with Crippen LogP contribution in [0.15, 0.2) is 15.2 Å². The summed E-state index contributed by atoms with van der Waals surface area (Å²) in [6, 6.07) is 0. The van der Waals surface area contributed by atoms with Gasteiger partial charge in [0.1, 0.15) is 5.51 Å². The van der Waals surface area contributed by atoms with Crippen LogP contribution in [0.25, 0.3) is 0 Å². The zero-order valence-corrected chi connectivity index (χ0v) is 10.4. The van der Waals surface area contributed by atoms with E-state index in [-0.39, 0.29) is 5.91 Å². The Kier molecular flexibility index (Phi) is 3.83. The quantitative estimate of drug-likeness (QED) is 0.372. The number of carbonyl (C=O) groups excluding carboxylic acids is 1. The van der Waals surface area contributed by atoms with Crippen LogP contribution in [0, 0.1) is 0 Å². The van der Waals surface area contributed by atoms with Gasteiger partial charge in [-0.05, 0) is 0 Å². The van der Waals surface area contributed by atoms with Crippen LogP contribution in [0.1, 0.15) is 15.5 Å². The number of thiazole rings is 1. The third-order valence-corrected chi connectivity index (χ3v) is 4.34. The Hall–Kier alpha value is -1.03. The predicted octanol–water partition coefficient (Wildman–Crippen LogP) is 0.890. The minimum absolute atomic E-state index is 0.364. The molecule has 2 heterocycles. The summed E-state index contributed by atoms with van der Waals surface area (Å²) in [7, 11) is 0. The lowest BCUT2D eigenvalue weighted by Gasteiger charge is -1.93. The van der Waals surface area contributed by atoms with Crippen LogP contribution in [-0.4, -0.2) is 21.1 Å². The Morgan fingerprint density at radius 2 is 2.44 bits per heavy atom. The Balaban J connectivity index is 1.95. The van der Waals surface area contributed by atoms with Gasteiger partial charge in [-0.15, -0.1) is 21.5 Å². The fourth-order valence-electron chi connectivity index (χ4n) is 0.901. The standard InChI is InChI=1S/C7H7N5OS3/c8-11-5(13)6-10-4(1-14-6)2-15-7-12-9-3-16-7/h1,3H,2,8H2,(H,11,13). The number of hydrogen-bond acceptors (Lipinski definition) is 8. The second kappa shape index (κ2) is 5.34. The summed E-state index contributed by atoms with van der Waals surface area (Å²) in [6.07, 6.45) is 0. The maximum Gasteiger partial charge on any atom is 0.294 e. The van der Waals surface area contributed by atoms with Crippen LogP contribution < -0.4 is 11.3 Å². The summed E-state index contributed by atoms with van der Waals surface area (Å²) in [4.78, 5) is 15.3. The first kappa shape index (κ1) is 11.5. The van der Waals surface area contributed by atoms with Crippen LogP contribution in [0.2, 0.25) is 0 Å². The van der Waals surface area contributed by atoms with Crippen molar-refractivity contribution in [1.29, 1.82) is 0 Å². The molecule has 1 amide bonds. The highest BCUT2D eigenvalue weighted by Gasteiger charge is 2.09. The third kappa shape index (κ3) is 2.76. The predicted molar refractivity (Wildman–Crippen MR) is 63.2 cm³/mol. The minimum atomic E-state index is -0.364. The molecule has 2 aromatic rings. The molecule has 0 atom stereocenters. The highest BCUT2D eigenvalue weighted by molar-refractivity contribution is 8.00. The molecule has 0 saturated heterocycles. The van der Waals surface area contributed by atoms with Gasteiger partial charge in [-0.3, -0.25) is 10.2 Å². The molecule has 0 unspecified atom stereocenters. The number of nitrogens with zero attached hydrogens (tertiary/aromatic N) is 3. The second-order valence-electron chi connectivity index (χ2n) is 2.61. The van der Waals surface area contributed by atoms with Crippen LogP contribution >= 0.6 is 34.4 Å². The monoisotopic (exact) mass is 273 g/mol. The van der Waals surface area contributed by atoms with Gasteiger partial charge in [-0.2, -0.15) is 0 Å². The average Bonchev–Trinajstić information content (AvgIpc) is 2.96. The first-order valence-electron chi connectivity index (χ1n) is 4.14. The SMILES string of the molecule is NNC(=O)c1nc(CSc2nncs2)cs1. The maximum absolute atomic E-state index is 11.1. The minimum Gasteiger partial charge on any atom is -0.288 e. The van der Waals surface area contributed by atoms with Crippen molar-refractivity contribution in [2.24, 2.45) is 5.84 Å². The number of aromatic nitrogens is 3. The van der Waals surface area contributed by atoms with Crippen molar-refractivity contribution in [2.75, 3.05) is 0 Å². The number of rotatable bonds is 4. The molecule has 6 nitrogen and oxygen atoms in total. The molecule has 0 aromatic carbocycles. The van der Waals surface area contributed by atoms with E-state index < -0.39 is 0 Å². The fourth-order valence-corrected chi connectivity index (χ4v) is 3.11. The summed E-state index contributed by atoms with van der Waals surface area (Å²) in [5.74, 6) is 5.32. The van der Waals surface area contributed by atoms with E-state index in [2.05, 4.69) is 15.2 Å². The zero-order valence-electron chi connectivity index (χ0n) is 7.91. The lowest BCUT2D eigenvalue weighted by Crippen LogP contribution is -2.29. The van der Waals surface area contributed by atoms with Crippen molar-refractivity contribution in [3.05, 3.63) is 21.6 Å². The highest BCUT2D eigenvalue weighted by atomic mass is 32.2. The van der Waals surface area contributed by atoms with Crippen LogP contribution in [0.5, 0.6) is 0 Å². The number of nitrogen functional groups attached to an aromatic ring is 1. The Labute approximate surface area is 103 Å². The van der Waals surface area contributed by atoms with Crippen molar-refractivity contribution < 1.29 is 4.79 Å². The Morgan fingerprint density at radius 1 is 1.56 bits per heavy atom. The molecule has 0 fully saturated rings. The summed E-state index contributed by atoms with van der Waals surface area (Å²) >= 11 is 4.29. The van der Waals surface area contributed by atoms with E-state index in [1.54, 1.807) is 5.51 Å². The highest BCUT2D eigenvalue weighted by Crippen LogP contribution is 2.24. The van der Waals surface area contributed by atoms with E-state index in [0.717, 1.165) is 10.0 Å². The number of nitrogens with two attached hydrogens (primary N) is 1. The van der Waals surface area contributed by atoms with Gasteiger partial charge in [-0.25, -0.2) is 10.8 Å². The van der Waals surface area contributed by atoms with E-state index in [4.69, 9.17) is 5.84 Å². The largest absolute Gasteiger partial charge is 0.294 e. The number of carbonyl (C=O) groups is 1. The first-order valence-corrected chi connectivity index (χ1v) is 6.88. The molecule has 0 aliphatic rings. The molecule has 84 valence electrons. The molecule has 16 heavy (non-hydrogen) atoms. The van der Waals surface area contributed by atoms with Crippen LogP contribution in [-0.2, 0) is 5.75 Å². The Bertz CT molecular complexity index is 468. The zero-order chi connectivity index (χ0) is 11.4. The van der Waals surface area contributed by atoms with E-state index in [9.17, 15) is 4.79 Å². The Morgan fingerprint density at radius 3 is 3.12 bits per heavy atom. The molecular formula is C7H7N5OS3. The lowest BCUT2D eigenvalue weighted by molar-refractivity contribution is 0.0953. The van der Waals surface area contributed by atoms with Crippen molar-refractivity contribution >= 4 is 40.3 Å². The lowest BCUT2D eigenvalue weighted by atomic mass is 10.5. The van der Waals surface area contributed by atoms with Gasteiger partial charge < -0.3 is 0 Å². The van der Waals surface area contributed by atoms with Crippen molar-refractivity contribution in [3.63, 3.8) is 0 Å². The van der Waals surface area contributed by atoms with Gasteiger partial charge in [0, 0.05) is 11.1 Å². The van der Waals surface area contributed by atoms with Gasteiger partial charge in [-0.1, -0.05) is 23.1 Å². The number of hydrogen-bond donors (Lipinski definition) is 2. The third-order valence-electron chi connectivity index (χ3n) is 1.56. The van der Waals surface area contributed by atoms with Gasteiger partial charge in [0.2, 0.25) is 0 Å². The second-order valence-corrected chi connectivity index (χ2v) is 5.52. The smallest absolute Gasteiger partial charge is 0.288 e. The number of nitrogens with one attached hydrogen (secondary N) is 1. The van der Waals surface area contributed by atoms with Crippen molar-refractivity contribution in [1.82, 2.24) is 20.6 Å².